The van der Waals surface area contributed by atoms with Crippen molar-refractivity contribution < 1.29 is 24.8 Å². The Hall–Kier alpha value is -0.460. The summed E-state index contributed by atoms with van der Waals surface area (Å²) in [6.07, 6.45) is -2.27. The lowest BCUT2D eigenvalue weighted by atomic mass is 10.1. The summed E-state index contributed by atoms with van der Waals surface area (Å²) in [5, 5.41) is 27.4. The molecule has 5 heteroatoms. The first-order valence-electron chi connectivity index (χ1n) is 4.05. The van der Waals surface area contributed by atoms with Crippen molar-refractivity contribution in [1.82, 2.24) is 0 Å². The maximum Gasteiger partial charge on any atom is 0.184 e. The van der Waals surface area contributed by atoms with Crippen LogP contribution in [0.2, 0.25) is 0 Å². The molecule has 1 saturated heterocycles. The molecule has 0 amide bonds. The van der Waals surface area contributed by atoms with E-state index in [2.05, 4.69) is 6.58 Å². The third kappa shape index (κ3) is 2.26. The molecule has 0 aromatic heterocycles. The van der Waals surface area contributed by atoms with Crippen LogP contribution < -0.4 is 0 Å². The van der Waals surface area contributed by atoms with E-state index in [9.17, 15) is 10.2 Å². The summed E-state index contributed by atoms with van der Waals surface area (Å²) >= 11 is 0. The molecular formula is C8H14O5. The van der Waals surface area contributed by atoms with E-state index < -0.39 is 24.6 Å². The summed E-state index contributed by atoms with van der Waals surface area (Å²) in [4.78, 5) is 0. The average molecular weight is 190 g/mol. The summed E-state index contributed by atoms with van der Waals surface area (Å²) in [5.74, 6) is 0. The lowest BCUT2D eigenvalue weighted by Gasteiger charge is -2.16. The first-order chi connectivity index (χ1) is 6.20. The van der Waals surface area contributed by atoms with Crippen LogP contribution in [-0.4, -0.2) is 53.1 Å². The van der Waals surface area contributed by atoms with E-state index in [1.807, 2.05) is 0 Å². The van der Waals surface area contributed by atoms with Gasteiger partial charge in [0.25, 0.3) is 0 Å². The van der Waals surface area contributed by atoms with Crippen molar-refractivity contribution in [2.75, 3.05) is 13.2 Å². The molecule has 0 aromatic carbocycles. The number of hydrogen-bond donors (Lipinski definition) is 3. The number of aliphatic hydroxyl groups is 3. The van der Waals surface area contributed by atoms with E-state index in [-0.39, 0.29) is 13.2 Å². The van der Waals surface area contributed by atoms with Crippen molar-refractivity contribution in [1.29, 1.82) is 0 Å². The van der Waals surface area contributed by atoms with Gasteiger partial charge in [0.1, 0.15) is 18.3 Å². The van der Waals surface area contributed by atoms with E-state index in [0.717, 1.165) is 0 Å². The van der Waals surface area contributed by atoms with Crippen LogP contribution >= 0.6 is 0 Å². The van der Waals surface area contributed by atoms with E-state index in [0.29, 0.717) is 0 Å². The lowest BCUT2D eigenvalue weighted by molar-refractivity contribution is -0.144. The smallest absolute Gasteiger partial charge is 0.184 e. The minimum absolute atomic E-state index is 0.223. The van der Waals surface area contributed by atoms with Gasteiger partial charge in [-0.1, -0.05) is 6.08 Å². The fraction of sp³-hybridized carbons (Fsp3) is 0.750. The third-order valence-corrected chi connectivity index (χ3v) is 1.90. The van der Waals surface area contributed by atoms with Gasteiger partial charge in [0.2, 0.25) is 0 Å². The highest BCUT2D eigenvalue weighted by molar-refractivity contribution is 4.87. The second-order valence-electron chi connectivity index (χ2n) is 2.82. The quantitative estimate of drug-likeness (QED) is 0.476. The Morgan fingerprint density at radius 2 is 2.15 bits per heavy atom. The first-order valence-corrected chi connectivity index (χ1v) is 4.05. The lowest BCUT2D eigenvalue weighted by Crippen LogP contribution is -2.36. The number of rotatable bonds is 4. The summed E-state index contributed by atoms with van der Waals surface area (Å²) in [6.45, 7) is 3.31. The SMILES string of the molecule is C=CCOC1C(O)OC(CO)C1O. The summed E-state index contributed by atoms with van der Waals surface area (Å²) in [7, 11) is 0. The molecule has 0 spiro atoms. The Balaban J connectivity index is 2.48. The van der Waals surface area contributed by atoms with E-state index in [1.165, 1.54) is 6.08 Å². The van der Waals surface area contributed by atoms with Gasteiger partial charge in [0, 0.05) is 0 Å². The molecule has 0 radical (unpaired) electrons. The van der Waals surface area contributed by atoms with Crippen LogP contribution in [0.4, 0.5) is 0 Å². The predicted octanol–water partition coefficient (Wildman–Crippen LogP) is -1.37. The summed E-state index contributed by atoms with van der Waals surface area (Å²) in [5.41, 5.74) is 0. The average Bonchev–Trinajstić information content (AvgIpc) is 2.39. The predicted molar refractivity (Wildman–Crippen MR) is 43.9 cm³/mol. The molecular weight excluding hydrogens is 176 g/mol. The fourth-order valence-corrected chi connectivity index (χ4v) is 1.23. The zero-order valence-corrected chi connectivity index (χ0v) is 7.17. The van der Waals surface area contributed by atoms with E-state index in [1.54, 1.807) is 0 Å². The van der Waals surface area contributed by atoms with Crippen LogP contribution in [0.1, 0.15) is 0 Å². The Morgan fingerprint density at radius 3 is 2.62 bits per heavy atom. The molecule has 0 bridgehead atoms. The standard InChI is InChI=1S/C8H14O5/c1-2-3-12-7-6(10)5(4-9)13-8(7)11/h2,5-11H,1,3-4H2. The van der Waals surface area contributed by atoms with Gasteiger partial charge < -0.3 is 24.8 Å². The minimum atomic E-state index is -1.19. The first kappa shape index (κ1) is 10.6. The monoisotopic (exact) mass is 190 g/mol. The van der Waals surface area contributed by atoms with Crippen LogP contribution in [0, 0.1) is 0 Å². The maximum absolute atomic E-state index is 9.44. The van der Waals surface area contributed by atoms with Gasteiger partial charge >= 0.3 is 0 Å². The normalized spacial score (nSPS) is 39.3. The molecule has 0 aromatic rings. The zero-order chi connectivity index (χ0) is 9.84. The van der Waals surface area contributed by atoms with Crippen molar-refractivity contribution in [2.24, 2.45) is 0 Å². The molecule has 4 unspecified atom stereocenters. The third-order valence-electron chi connectivity index (χ3n) is 1.90. The van der Waals surface area contributed by atoms with Gasteiger partial charge in [-0.05, 0) is 0 Å². The molecule has 1 aliphatic rings. The molecule has 5 nitrogen and oxygen atoms in total. The molecule has 1 heterocycles. The molecule has 76 valence electrons. The molecule has 1 aliphatic heterocycles. The second-order valence-corrected chi connectivity index (χ2v) is 2.82. The Kier molecular flexibility index (Phi) is 3.83. The molecule has 1 rings (SSSR count). The van der Waals surface area contributed by atoms with Gasteiger partial charge in [0.05, 0.1) is 13.2 Å². The van der Waals surface area contributed by atoms with Crippen molar-refractivity contribution in [3.05, 3.63) is 12.7 Å². The van der Waals surface area contributed by atoms with Crippen molar-refractivity contribution in [3.8, 4) is 0 Å². The molecule has 4 atom stereocenters. The van der Waals surface area contributed by atoms with Gasteiger partial charge in [-0.15, -0.1) is 6.58 Å². The number of hydrogen-bond acceptors (Lipinski definition) is 5. The van der Waals surface area contributed by atoms with Gasteiger partial charge in [-0.25, -0.2) is 0 Å². The number of aliphatic hydroxyl groups excluding tert-OH is 3. The molecule has 13 heavy (non-hydrogen) atoms. The van der Waals surface area contributed by atoms with Crippen molar-refractivity contribution >= 4 is 0 Å². The van der Waals surface area contributed by atoms with Crippen LogP contribution in [0.5, 0.6) is 0 Å². The maximum atomic E-state index is 9.44. The van der Waals surface area contributed by atoms with Gasteiger partial charge in [-0.3, -0.25) is 0 Å². The number of ether oxygens (including phenoxy) is 2. The van der Waals surface area contributed by atoms with Crippen molar-refractivity contribution in [2.45, 2.75) is 24.6 Å². The van der Waals surface area contributed by atoms with Crippen LogP contribution in [0.25, 0.3) is 0 Å². The molecule has 1 fully saturated rings. The fourth-order valence-electron chi connectivity index (χ4n) is 1.23. The minimum Gasteiger partial charge on any atom is -0.394 e. The highest BCUT2D eigenvalue weighted by Crippen LogP contribution is 2.21. The molecule has 0 aliphatic carbocycles. The molecule has 0 saturated carbocycles. The van der Waals surface area contributed by atoms with Crippen LogP contribution in [0.3, 0.4) is 0 Å². The largest absolute Gasteiger partial charge is 0.394 e. The van der Waals surface area contributed by atoms with Crippen molar-refractivity contribution in [3.63, 3.8) is 0 Å². The van der Waals surface area contributed by atoms with Gasteiger partial charge in [-0.2, -0.15) is 0 Å². The Labute approximate surface area is 76.2 Å². The highest BCUT2D eigenvalue weighted by atomic mass is 16.7. The van der Waals surface area contributed by atoms with Gasteiger partial charge in [0.15, 0.2) is 6.29 Å². The zero-order valence-electron chi connectivity index (χ0n) is 7.17. The van der Waals surface area contributed by atoms with Crippen LogP contribution in [0.15, 0.2) is 12.7 Å². The topological polar surface area (TPSA) is 79.2 Å². The van der Waals surface area contributed by atoms with Crippen LogP contribution in [-0.2, 0) is 9.47 Å². The van der Waals surface area contributed by atoms with E-state index >= 15 is 0 Å². The second kappa shape index (κ2) is 4.69. The van der Waals surface area contributed by atoms with E-state index in [4.69, 9.17) is 14.6 Å². The molecule has 3 N–H and O–H groups in total. The highest BCUT2D eigenvalue weighted by Gasteiger charge is 2.43. The summed E-state index contributed by atoms with van der Waals surface area (Å²) in [6, 6.07) is 0. The Bertz CT molecular complexity index is 172. The summed E-state index contributed by atoms with van der Waals surface area (Å²) < 4.78 is 9.88. The Morgan fingerprint density at radius 1 is 1.46 bits per heavy atom.